The highest BCUT2D eigenvalue weighted by atomic mass is 35.5. The van der Waals surface area contributed by atoms with Crippen LogP contribution < -0.4 is 10.6 Å². The van der Waals surface area contributed by atoms with Gasteiger partial charge in [-0.2, -0.15) is 0 Å². The first kappa shape index (κ1) is 24.0. The van der Waals surface area contributed by atoms with Crippen LogP contribution in [0.2, 0.25) is 5.02 Å². The van der Waals surface area contributed by atoms with Gasteiger partial charge in [0, 0.05) is 7.05 Å². The van der Waals surface area contributed by atoms with Crippen molar-refractivity contribution in [3.8, 4) is 0 Å². The van der Waals surface area contributed by atoms with Gasteiger partial charge in [-0.25, -0.2) is 0 Å². The summed E-state index contributed by atoms with van der Waals surface area (Å²) in [6.07, 6.45) is 1.40. The maximum absolute atomic E-state index is 13.9. The number of hydrogen-bond donors (Lipinski definition) is 3. The van der Waals surface area contributed by atoms with Gasteiger partial charge in [-0.15, -0.1) is 0 Å². The van der Waals surface area contributed by atoms with Gasteiger partial charge in [-0.05, 0) is 37.3 Å². The maximum atomic E-state index is 13.9. The quantitative estimate of drug-likeness (QED) is 0.557. The van der Waals surface area contributed by atoms with Crippen LogP contribution in [0, 0.1) is 24.7 Å². The van der Waals surface area contributed by atoms with Gasteiger partial charge < -0.3 is 25.4 Å². The number of fused-ring (bicyclic) bond motifs is 1. The molecular weight excluding hydrogens is 446 g/mol. The lowest BCUT2D eigenvalue weighted by atomic mass is 9.70. The Morgan fingerprint density at radius 1 is 1.36 bits per heavy atom. The topological polar surface area (TPSA) is 108 Å². The number of likely N-dealkylation sites (tertiary alicyclic amines) is 1. The molecule has 7 atom stereocenters. The van der Waals surface area contributed by atoms with E-state index < -0.39 is 41.5 Å². The second kappa shape index (κ2) is 8.89. The number of rotatable bonds is 7. The highest BCUT2D eigenvalue weighted by Gasteiger charge is 2.75. The molecular formula is C24H32ClN3O5. The molecule has 33 heavy (non-hydrogen) atoms. The standard InChI is InChI=1S/C24H32ClN3O5/c1-5-12(2)15(11-29)28-20(22(31)27-19-13(3)7-6-8-14(19)25)24-10-9-16(33-24)17(21(30)26-4)18(24)23(28)32/h6-8,12,15-18,20,29H,5,9-11H2,1-4H3,(H,26,30)(H,27,31)/t12-,15-,16-,17+,18-,20?,24?/m0/s1. The van der Waals surface area contributed by atoms with E-state index in [4.69, 9.17) is 16.3 Å². The number of ether oxygens (including phenoxy) is 1. The number of carbonyl (C=O) groups is 3. The fourth-order valence-corrected chi connectivity index (χ4v) is 6.28. The van der Waals surface area contributed by atoms with Crippen LogP contribution in [-0.4, -0.2) is 65.2 Å². The maximum Gasteiger partial charge on any atom is 0.250 e. The van der Waals surface area contributed by atoms with Crippen molar-refractivity contribution < 1.29 is 24.2 Å². The molecule has 9 heteroatoms. The number of anilines is 1. The molecule has 1 spiro atoms. The number of amides is 3. The first-order valence-corrected chi connectivity index (χ1v) is 12.0. The van der Waals surface area contributed by atoms with Crippen molar-refractivity contribution in [3.63, 3.8) is 0 Å². The van der Waals surface area contributed by atoms with Crippen molar-refractivity contribution in [2.75, 3.05) is 19.0 Å². The number of carbonyl (C=O) groups excluding carboxylic acids is 3. The number of nitrogens with zero attached hydrogens (tertiary/aromatic N) is 1. The van der Waals surface area contributed by atoms with Crippen LogP contribution in [0.4, 0.5) is 5.69 Å². The van der Waals surface area contributed by atoms with Gasteiger partial charge >= 0.3 is 0 Å². The molecule has 2 unspecified atom stereocenters. The molecule has 180 valence electrons. The Hall–Kier alpha value is -2.16. The summed E-state index contributed by atoms with van der Waals surface area (Å²) in [5.74, 6) is -2.45. The van der Waals surface area contributed by atoms with E-state index in [1.807, 2.05) is 26.8 Å². The molecule has 0 aromatic heterocycles. The monoisotopic (exact) mass is 477 g/mol. The second-order valence-corrected chi connectivity index (χ2v) is 9.88. The molecule has 3 fully saturated rings. The van der Waals surface area contributed by atoms with Crippen LogP contribution >= 0.6 is 11.6 Å². The zero-order chi connectivity index (χ0) is 24.1. The highest BCUT2D eigenvalue weighted by Crippen LogP contribution is 2.59. The lowest BCUT2D eigenvalue weighted by Gasteiger charge is -2.38. The van der Waals surface area contributed by atoms with Gasteiger partial charge in [0.15, 0.2) is 0 Å². The number of benzene rings is 1. The summed E-state index contributed by atoms with van der Waals surface area (Å²) in [6.45, 7) is 5.48. The third kappa shape index (κ3) is 3.54. The first-order chi connectivity index (χ1) is 15.7. The Labute approximate surface area is 199 Å². The summed E-state index contributed by atoms with van der Waals surface area (Å²) >= 11 is 6.36. The van der Waals surface area contributed by atoms with Gasteiger partial charge in [-0.3, -0.25) is 14.4 Å². The van der Waals surface area contributed by atoms with Gasteiger partial charge in [0.1, 0.15) is 11.6 Å². The number of aliphatic hydroxyl groups is 1. The number of nitrogens with one attached hydrogen (secondary N) is 2. The Morgan fingerprint density at radius 2 is 2.09 bits per heavy atom. The Morgan fingerprint density at radius 3 is 2.70 bits per heavy atom. The minimum atomic E-state index is -1.11. The van der Waals surface area contributed by atoms with E-state index in [1.165, 1.54) is 11.9 Å². The lowest BCUT2D eigenvalue weighted by molar-refractivity contribution is -0.145. The average Bonchev–Trinajstić information content (AvgIpc) is 3.44. The summed E-state index contributed by atoms with van der Waals surface area (Å²) in [5, 5.41) is 16.2. The van der Waals surface area contributed by atoms with Crippen LogP contribution in [0.1, 0.15) is 38.7 Å². The van der Waals surface area contributed by atoms with Crippen LogP contribution in [-0.2, 0) is 19.1 Å². The summed E-state index contributed by atoms with van der Waals surface area (Å²) in [4.78, 5) is 42.0. The molecule has 0 saturated carbocycles. The fourth-order valence-electron chi connectivity index (χ4n) is 6.01. The molecule has 3 heterocycles. The van der Waals surface area contributed by atoms with Crippen LogP contribution in [0.3, 0.4) is 0 Å². The number of halogens is 1. The fraction of sp³-hybridized carbons (Fsp3) is 0.625. The zero-order valence-corrected chi connectivity index (χ0v) is 20.2. The molecule has 4 rings (SSSR count). The molecule has 2 bridgehead atoms. The lowest BCUT2D eigenvalue weighted by Crippen LogP contribution is -2.57. The van der Waals surface area contributed by atoms with Crippen LogP contribution in [0.5, 0.6) is 0 Å². The minimum absolute atomic E-state index is 0.0535. The van der Waals surface area contributed by atoms with E-state index in [1.54, 1.807) is 12.1 Å². The Bertz CT molecular complexity index is 951. The Kier molecular flexibility index (Phi) is 6.46. The molecule has 3 aliphatic rings. The van der Waals surface area contributed by atoms with E-state index in [0.717, 1.165) is 5.56 Å². The molecule has 3 saturated heterocycles. The average molecular weight is 478 g/mol. The van der Waals surface area contributed by atoms with Crippen molar-refractivity contribution in [2.24, 2.45) is 17.8 Å². The molecule has 0 aliphatic carbocycles. The molecule has 1 aromatic rings. The number of aryl methyl sites for hydroxylation is 1. The minimum Gasteiger partial charge on any atom is -0.394 e. The molecule has 0 radical (unpaired) electrons. The summed E-state index contributed by atoms with van der Waals surface area (Å²) < 4.78 is 6.36. The molecule has 3 amide bonds. The smallest absolute Gasteiger partial charge is 0.250 e. The summed E-state index contributed by atoms with van der Waals surface area (Å²) in [7, 11) is 1.54. The predicted molar refractivity (Wildman–Crippen MR) is 124 cm³/mol. The van der Waals surface area contributed by atoms with Crippen molar-refractivity contribution in [2.45, 2.75) is 63.8 Å². The number of hydrogen-bond acceptors (Lipinski definition) is 5. The van der Waals surface area contributed by atoms with Crippen molar-refractivity contribution in [1.82, 2.24) is 10.2 Å². The summed E-state index contributed by atoms with van der Waals surface area (Å²) in [5.41, 5.74) is 0.163. The van der Waals surface area contributed by atoms with E-state index >= 15 is 0 Å². The first-order valence-electron chi connectivity index (χ1n) is 11.6. The van der Waals surface area contributed by atoms with Gasteiger partial charge in [0.25, 0.3) is 0 Å². The van der Waals surface area contributed by atoms with Gasteiger partial charge in [-0.1, -0.05) is 44.0 Å². The Balaban J connectivity index is 1.80. The van der Waals surface area contributed by atoms with E-state index in [-0.39, 0.29) is 24.3 Å². The van der Waals surface area contributed by atoms with E-state index in [9.17, 15) is 19.5 Å². The molecule has 3 N–H and O–H groups in total. The van der Waals surface area contributed by atoms with Gasteiger partial charge in [0.2, 0.25) is 17.7 Å². The van der Waals surface area contributed by atoms with Crippen molar-refractivity contribution in [3.05, 3.63) is 28.8 Å². The van der Waals surface area contributed by atoms with Gasteiger partial charge in [0.05, 0.1) is 41.3 Å². The normalized spacial score (nSPS) is 31.9. The predicted octanol–water partition coefficient (Wildman–Crippen LogP) is 2.11. The summed E-state index contributed by atoms with van der Waals surface area (Å²) in [6, 6.07) is 3.79. The van der Waals surface area contributed by atoms with E-state index in [0.29, 0.717) is 30.0 Å². The SMILES string of the molecule is CC[C@H](C)[C@H](CO)N1C(=O)[C@@H]2[C@H](C(=O)NC)[C@@H]3CCC2(O3)C1C(=O)Nc1c(C)cccc1Cl. The number of aliphatic hydroxyl groups excluding tert-OH is 1. The third-order valence-electron chi connectivity index (χ3n) is 7.85. The van der Waals surface area contributed by atoms with Crippen LogP contribution in [0.15, 0.2) is 18.2 Å². The largest absolute Gasteiger partial charge is 0.394 e. The molecule has 3 aliphatic heterocycles. The molecule has 1 aromatic carbocycles. The van der Waals surface area contributed by atoms with Crippen LogP contribution in [0.25, 0.3) is 0 Å². The zero-order valence-electron chi connectivity index (χ0n) is 19.4. The third-order valence-corrected chi connectivity index (χ3v) is 8.17. The van der Waals surface area contributed by atoms with Crippen molar-refractivity contribution in [1.29, 1.82) is 0 Å². The molecule has 8 nitrogen and oxygen atoms in total. The van der Waals surface area contributed by atoms with E-state index in [2.05, 4.69) is 10.6 Å². The second-order valence-electron chi connectivity index (χ2n) is 9.47. The highest BCUT2D eigenvalue weighted by molar-refractivity contribution is 6.34. The van der Waals surface area contributed by atoms with Crippen molar-refractivity contribution >= 4 is 35.0 Å². The number of para-hydroxylation sites is 1.